The Hall–Kier alpha value is -1.79. The number of unbranched alkanes of at least 4 members (excludes halogenated alkanes) is 1. The van der Waals surface area contributed by atoms with Gasteiger partial charge < -0.3 is 0 Å². The molecule has 2 aromatic rings. The van der Waals surface area contributed by atoms with E-state index in [1.165, 1.54) is 11.8 Å². The number of amides is 1. The topological polar surface area (TPSA) is 54.5 Å². The number of hydrogen-bond acceptors (Lipinski definition) is 4. The summed E-state index contributed by atoms with van der Waals surface area (Å²) in [5.74, 6) is -0.448. The summed E-state index contributed by atoms with van der Waals surface area (Å²) in [6.45, 7) is 2.17. The summed E-state index contributed by atoms with van der Waals surface area (Å²) in [6, 6.07) is 14.0. The summed E-state index contributed by atoms with van der Waals surface area (Å²) in [7, 11) is -3.84. The first kappa shape index (κ1) is 16.1. The zero-order valence-corrected chi connectivity index (χ0v) is 14.4. The van der Waals surface area contributed by atoms with E-state index >= 15 is 0 Å². The number of sulfonamides is 1. The van der Waals surface area contributed by atoms with Crippen LogP contribution in [0.1, 0.15) is 30.1 Å². The molecule has 0 saturated carbocycles. The van der Waals surface area contributed by atoms with E-state index in [0.29, 0.717) is 16.9 Å². The van der Waals surface area contributed by atoms with Gasteiger partial charge in [0, 0.05) is 16.3 Å². The van der Waals surface area contributed by atoms with Gasteiger partial charge in [-0.25, -0.2) is 12.7 Å². The minimum Gasteiger partial charge on any atom is -0.268 e. The maximum atomic E-state index is 13.0. The Morgan fingerprint density at radius 2 is 1.65 bits per heavy atom. The molecule has 120 valence electrons. The molecule has 4 nitrogen and oxygen atoms in total. The predicted molar refractivity (Wildman–Crippen MR) is 90.1 cm³/mol. The Morgan fingerprint density at radius 3 is 2.39 bits per heavy atom. The van der Waals surface area contributed by atoms with Gasteiger partial charge in [-0.15, -0.1) is 0 Å². The third-order valence-electron chi connectivity index (χ3n) is 3.70. The Bertz CT molecular complexity index is 846. The first-order valence-electron chi connectivity index (χ1n) is 7.48. The van der Waals surface area contributed by atoms with Crippen LogP contribution in [0.2, 0.25) is 0 Å². The van der Waals surface area contributed by atoms with E-state index in [-0.39, 0.29) is 11.4 Å². The van der Waals surface area contributed by atoms with Crippen LogP contribution in [0.15, 0.2) is 63.2 Å². The van der Waals surface area contributed by atoms with Crippen molar-refractivity contribution in [2.75, 3.05) is 6.54 Å². The first-order valence-corrected chi connectivity index (χ1v) is 9.74. The lowest BCUT2D eigenvalue weighted by Crippen LogP contribution is -2.38. The number of benzene rings is 2. The molecule has 0 bridgehead atoms. The molecule has 23 heavy (non-hydrogen) atoms. The van der Waals surface area contributed by atoms with Gasteiger partial charge in [0.25, 0.3) is 15.9 Å². The van der Waals surface area contributed by atoms with Gasteiger partial charge in [0.2, 0.25) is 0 Å². The minimum atomic E-state index is -3.84. The lowest BCUT2D eigenvalue weighted by molar-refractivity contribution is 0.0856. The number of carbonyl (C=O) groups excluding carboxylic acids is 1. The second kappa shape index (κ2) is 6.37. The highest BCUT2D eigenvalue weighted by molar-refractivity contribution is 8.00. The summed E-state index contributed by atoms with van der Waals surface area (Å²) in [5.41, 5.74) is 0.437. The van der Waals surface area contributed by atoms with E-state index < -0.39 is 15.9 Å². The molecule has 3 rings (SSSR count). The molecule has 0 spiro atoms. The summed E-state index contributed by atoms with van der Waals surface area (Å²) >= 11 is 1.32. The van der Waals surface area contributed by atoms with Crippen molar-refractivity contribution in [1.82, 2.24) is 4.31 Å². The number of hydrogen-bond donors (Lipinski definition) is 0. The second-order valence-corrected chi connectivity index (χ2v) is 8.20. The molecule has 1 aliphatic heterocycles. The van der Waals surface area contributed by atoms with E-state index in [0.717, 1.165) is 15.6 Å². The third-order valence-corrected chi connectivity index (χ3v) is 6.82. The Labute approximate surface area is 140 Å². The van der Waals surface area contributed by atoms with Crippen molar-refractivity contribution in [3.63, 3.8) is 0 Å². The second-order valence-electron chi connectivity index (χ2n) is 5.28. The van der Waals surface area contributed by atoms with Gasteiger partial charge in [0.1, 0.15) is 4.90 Å². The fraction of sp³-hybridized carbons (Fsp3) is 0.235. The maximum Gasteiger partial charge on any atom is 0.268 e. The average Bonchev–Trinajstić information content (AvgIpc) is 2.55. The lowest BCUT2D eigenvalue weighted by atomic mass is 10.2. The number of rotatable bonds is 3. The van der Waals surface area contributed by atoms with Crippen LogP contribution in [0.4, 0.5) is 0 Å². The van der Waals surface area contributed by atoms with Gasteiger partial charge in [0.15, 0.2) is 0 Å². The molecule has 0 atom stereocenters. The van der Waals surface area contributed by atoms with Crippen molar-refractivity contribution in [2.24, 2.45) is 0 Å². The zero-order chi connectivity index (χ0) is 16.4. The van der Waals surface area contributed by atoms with Crippen molar-refractivity contribution in [1.29, 1.82) is 0 Å². The molecule has 0 aliphatic carbocycles. The summed E-state index contributed by atoms with van der Waals surface area (Å²) in [5, 5.41) is 0. The van der Waals surface area contributed by atoms with E-state index in [4.69, 9.17) is 0 Å². The highest BCUT2D eigenvalue weighted by Crippen LogP contribution is 2.39. The molecule has 0 fully saturated rings. The summed E-state index contributed by atoms with van der Waals surface area (Å²) < 4.78 is 27.0. The van der Waals surface area contributed by atoms with Gasteiger partial charge in [0.05, 0.1) is 5.56 Å². The van der Waals surface area contributed by atoms with E-state index in [9.17, 15) is 13.2 Å². The van der Waals surface area contributed by atoms with Crippen LogP contribution in [0, 0.1) is 0 Å². The Morgan fingerprint density at radius 1 is 1.00 bits per heavy atom. The van der Waals surface area contributed by atoms with Crippen LogP contribution in [0.25, 0.3) is 0 Å². The molecule has 0 unspecified atom stereocenters. The summed E-state index contributed by atoms with van der Waals surface area (Å²) in [4.78, 5) is 14.5. The molecule has 0 N–H and O–H groups in total. The molecule has 6 heteroatoms. The van der Waals surface area contributed by atoms with Gasteiger partial charge in [-0.1, -0.05) is 49.4 Å². The molecule has 1 amide bonds. The molecular weight excluding hydrogens is 330 g/mol. The SMILES string of the molecule is CCCCN1C(=O)c2ccccc2Sc2ccccc2S1(=O)=O. The molecule has 1 heterocycles. The van der Waals surface area contributed by atoms with Crippen molar-refractivity contribution in [3.05, 3.63) is 54.1 Å². The number of nitrogens with zero attached hydrogens (tertiary/aromatic N) is 1. The highest BCUT2D eigenvalue weighted by Gasteiger charge is 2.34. The fourth-order valence-corrected chi connectivity index (χ4v) is 5.39. The van der Waals surface area contributed by atoms with Crippen molar-refractivity contribution >= 4 is 27.7 Å². The fourth-order valence-electron chi connectivity index (χ4n) is 2.48. The molecule has 0 saturated heterocycles. The Balaban J connectivity index is 2.23. The van der Waals surface area contributed by atoms with Crippen LogP contribution in [0.5, 0.6) is 0 Å². The van der Waals surface area contributed by atoms with Crippen LogP contribution in [-0.2, 0) is 10.0 Å². The van der Waals surface area contributed by atoms with Gasteiger partial charge >= 0.3 is 0 Å². The van der Waals surface area contributed by atoms with Gasteiger partial charge in [-0.2, -0.15) is 0 Å². The smallest absolute Gasteiger partial charge is 0.268 e. The lowest BCUT2D eigenvalue weighted by Gasteiger charge is -2.26. The molecule has 0 aromatic heterocycles. The van der Waals surface area contributed by atoms with E-state index in [1.807, 2.05) is 25.1 Å². The normalized spacial score (nSPS) is 16.2. The summed E-state index contributed by atoms with van der Waals surface area (Å²) in [6.07, 6.45) is 1.46. The molecular formula is C17H17NO3S2. The molecule has 2 aromatic carbocycles. The van der Waals surface area contributed by atoms with Crippen LogP contribution in [0.3, 0.4) is 0 Å². The van der Waals surface area contributed by atoms with Gasteiger partial charge in [-0.05, 0) is 30.7 Å². The first-order chi connectivity index (χ1) is 11.1. The zero-order valence-electron chi connectivity index (χ0n) is 12.7. The highest BCUT2D eigenvalue weighted by atomic mass is 32.2. The Kier molecular flexibility index (Phi) is 4.46. The van der Waals surface area contributed by atoms with E-state index in [1.54, 1.807) is 30.3 Å². The van der Waals surface area contributed by atoms with Gasteiger partial charge in [-0.3, -0.25) is 4.79 Å². The minimum absolute atomic E-state index is 0.198. The van der Waals surface area contributed by atoms with Crippen molar-refractivity contribution in [3.8, 4) is 0 Å². The molecule has 0 radical (unpaired) electrons. The monoisotopic (exact) mass is 347 g/mol. The predicted octanol–water partition coefficient (Wildman–Crippen LogP) is 3.78. The van der Waals surface area contributed by atoms with Crippen molar-refractivity contribution < 1.29 is 13.2 Å². The third kappa shape index (κ3) is 2.88. The largest absolute Gasteiger partial charge is 0.268 e. The maximum absolute atomic E-state index is 13.0. The molecule has 1 aliphatic rings. The van der Waals surface area contributed by atoms with Crippen LogP contribution >= 0.6 is 11.8 Å². The van der Waals surface area contributed by atoms with Crippen LogP contribution in [-0.4, -0.2) is 25.2 Å². The van der Waals surface area contributed by atoms with E-state index in [2.05, 4.69) is 0 Å². The van der Waals surface area contributed by atoms with Crippen molar-refractivity contribution in [2.45, 2.75) is 34.5 Å². The van der Waals surface area contributed by atoms with Crippen LogP contribution < -0.4 is 0 Å². The quantitative estimate of drug-likeness (QED) is 0.848. The average molecular weight is 347 g/mol. The number of fused-ring (bicyclic) bond motifs is 2. The number of carbonyl (C=O) groups is 1. The standard InChI is InChI=1S/C17H17NO3S2/c1-2-3-12-18-17(19)13-8-4-5-9-14(13)22-15-10-6-7-11-16(15)23(18,20)21/h4-11H,2-3,12H2,1H3.